The monoisotopic (exact) mass is 219 g/mol. The normalized spacial score (nSPS) is 11.4. The van der Waals surface area contributed by atoms with E-state index in [1.165, 1.54) is 5.56 Å². The van der Waals surface area contributed by atoms with E-state index in [2.05, 4.69) is 32.2 Å². The molecule has 0 bridgehead atoms. The molecule has 0 aliphatic carbocycles. The molecule has 3 heteroatoms. The van der Waals surface area contributed by atoms with Gasteiger partial charge in [0.2, 0.25) is 0 Å². The minimum atomic E-state index is 0.197. The second kappa shape index (κ2) is 5.18. The van der Waals surface area contributed by atoms with E-state index in [1.807, 2.05) is 23.9 Å². The van der Waals surface area contributed by atoms with Crippen LogP contribution >= 0.6 is 0 Å². The second-order valence-electron chi connectivity index (χ2n) is 4.58. The van der Waals surface area contributed by atoms with Crippen molar-refractivity contribution >= 4 is 0 Å². The number of rotatable bonds is 5. The van der Waals surface area contributed by atoms with Gasteiger partial charge in [-0.1, -0.05) is 13.8 Å². The molecule has 0 aromatic carbocycles. The number of hydrogen-bond donors (Lipinski definition) is 1. The van der Waals surface area contributed by atoms with Crippen LogP contribution in [-0.4, -0.2) is 10.1 Å². The van der Waals surface area contributed by atoms with Gasteiger partial charge in [0.15, 0.2) is 0 Å². The van der Waals surface area contributed by atoms with Crippen LogP contribution in [0.5, 0.6) is 0 Å². The van der Waals surface area contributed by atoms with Crippen molar-refractivity contribution in [3.63, 3.8) is 0 Å². The van der Waals surface area contributed by atoms with Crippen LogP contribution in [0, 0.1) is 11.3 Å². The number of nitrogens with zero attached hydrogens (tertiary/aromatic N) is 2. The van der Waals surface area contributed by atoms with Gasteiger partial charge in [-0.05, 0) is 31.4 Å². The van der Waals surface area contributed by atoms with Gasteiger partial charge in [-0.3, -0.25) is 0 Å². The minimum absolute atomic E-state index is 0.197. The molecule has 0 spiro atoms. The van der Waals surface area contributed by atoms with Gasteiger partial charge in [0, 0.05) is 25.3 Å². The first kappa shape index (κ1) is 12.8. The van der Waals surface area contributed by atoms with E-state index in [1.54, 1.807) is 0 Å². The van der Waals surface area contributed by atoms with Crippen LogP contribution in [0.4, 0.5) is 0 Å². The molecule has 16 heavy (non-hydrogen) atoms. The Labute approximate surface area is 98.1 Å². The predicted molar refractivity (Wildman–Crippen MR) is 66.0 cm³/mol. The van der Waals surface area contributed by atoms with Crippen LogP contribution < -0.4 is 5.32 Å². The van der Waals surface area contributed by atoms with Crippen molar-refractivity contribution in [3.05, 3.63) is 23.5 Å². The molecule has 3 nitrogen and oxygen atoms in total. The fourth-order valence-electron chi connectivity index (χ4n) is 1.66. The maximum absolute atomic E-state index is 8.86. The van der Waals surface area contributed by atoms with Crippen LogP contribution in [0.1, 0.15) is 44.9 Å². The molecule has 0 unspecified atom stereocenters. The molecule has 0 amide bonds. The Morgan fingerprint density at radius 1 is 1.44 bits per heavy atom. The Bertz CT molecular complexity index is 380. The standard InChI is InChI=1S/C13H21N3/c1-5-13(3,6-2)15-9-11-7-12(8-14)16(4)10-11/h7,10,15H,5-6,9H2,1-4H3. The number of aromatic nitrogens is 1. The lowest BCUT2D eigenvalue weighted by atomic mass is 9.95. The summed E-state index contributed by atoms with van der Waals surface area (Å²) in [6.07, 6.45) is 4.24. The molecule has 0 saturated heterocycles. The molecule has 1 aromatic rings. The molecule has 0 aliphatic heterocycles. The average Bonchev–Trinajstić information content (AvgIpc) is 2.67. The maximum Gasteiger partial charge on any atom is 0.120 e. The highest BCUT2D eigenvalue weighted by Crippen LogP contribution is 2.15. The predicted octanol–water partition coefficient (Wildman–Crippen LogP) is 2.57. The highest BCUT2D eigenvalue weighted by molar-refractivity contribution is 5.28. The van der Waals surface area contributed by atoms with Crippen LogP contribution in [0.25, 0.3) is 0 Å². The molecular weight excluding hydrogens is 198 g/mol. The quantitative estimate of drug-likeness (QED) is 0.827. The molecule has 0 aliphatic rings. The van der Waals surface area contributed by atoms with Crippen molar-refractivity contribution in [2.45, 2.75) is 45.7 Å². The third kappa shape index (κ3) is 2.86. The van der Waals surface area contributed by atoms with Crippen LogP contribution in [0.3, 0.4) is 0 Å². The summed E-state index contributed by atoms with van der Waals surface area (Å²) in [6.45, 7) is 7.46. The number of aryl methyl sites for hydroxylation is 1. The summed E-state index contributed by atoms with van der Waals surface area (Å²) in [4.78, 5) is 0. The Morgan fingerprint density at radius 3 is 2.50 bits per heavy atom. The van der Waals surface area contributed by atoms with Crippen molar-refractivity contribution < 1.29 is 0 Å². The zero-order valence-electron chi connectivity index (χ0n) is 10.7. The molecule has 0 fully saturated rings. The largest absolute Gasteiger partial charge is 0.342 e. The first-order chi connectivity index (χ1) is 7.54. The average molecular weight is 219 g/mol. The van der Waals surface area contributed by atoms with Gasteiger partial charge < -0.3 is 9.88 Å². The van der Waals surface area contributed by atoms with Crippen molar-refractivity contribution in [1.82, 2.24) is 9.88 Å². The van der Waals surface area contributed by atoms with Gasteiger partial charge in [-0.15, -0.1) is 0 Å². The van der Waals surface area contributed by atoms with Gasteiger partial charge in [-0.25, -0.2) is 0 Å². The van der Waals surface area contributed by atoms with Gasteiger partial charge in [0.1, 0.15) is 11.8 Å². The lowest BCUT2D eigenvalue weighted by Gasteiger charge is -2.28. The van der Waals surface area contributed by atoms with Crippen LogP contribution in [0.15, 0.2) is 12.3 Å². The number of nitriles is 1. The lowest BCUT2D eigenvalue weighted by molar-refractivity contribution is 0.329. The zero-order chi connectivity index (χ0) is 12.2. The van der Waals surface area contributed by atoms with Crippen molar-refractivity contribution in [1.29, 1.82) is 5.26 Å². The summed E-state index contributed by atoms with van der Waals surface area (Å²) in [7, 11) is 1.90. The Morgan fingerprint density at radius 2 is 2.06 bits per heavy atom. The summed E-state index contributed by atoms with van der Waals surface area (Å²) in [6, 6.07) is 4.12. The van der Waals surface area contributed by atoms with Crippen molar-refractivity contribution in [2.75, 3.05) is 0 Å². The smallest absolute Gasteiger partial charge is 0.120 e. The van der Waals surface area contributed by atoms with Crippen LogP contribution in [-0.2, 0) is 13.6 Å². The van der Waals surface area contributed by atoms with Crippen molar-refractivity contribution in [2.24, 2.45) is 7.05 Å². The van der Waals surface area contributed by atoms with E-state index in [9.17, 15) is 0 Å². The van der Waals surface area contributed by atoms with E-state index in [-0.39, 0.29) is 5.54 Å². The van der Waals surface area contributed by atoms with E-state index in [4.69, 9.17) is 5.26 Å². The third-order valence-electron chi connectivity index (χ3n) is 3.46. The molecule has 1 N–H and O–H groups in total. The molecule has 0 atom stereocenters. The topological polar surface area (TPSA) is 40.8 Å². The maximum atomic E-state index is 8.86. The van der Waals surface area contributed by atoms with E-state index in [0.717, 1.165) is 19.4 Å². The molecule has 88 valence electrons. The summed E-state index contributed by atoms with van der Waals surface area (Å²) in [5, 5.41) is 12.4. The van der Waals surface area contributed by atoms with Gasteiger partial charge in [0.05, 0.1) is 0 Å². The first-order valence-electron chi connectivity index (χ1n) is 5.85. The summed E-state index contributed by atoms with van der Waals surface area (Å²) in [5.41, 5.74) is 2.08. The fourth-order valence-corrected chi connectivity index (χ4v) is 1.66. The van der Waals surface area contributed by atoms with Gasteiger partial charge in [0.25, 0.3) is 0 Å². The second-order valence-corrected chi connectivity index (χ2v) is 4.58. The van der Waals surface area contributed by atoms with Crippen LogP contribution in [0.2, 0.25) is 0 Å². The molecule has 0 saturated carbocycles. The Hall–Kier alpha value is -1.27. The lowest BCUT2D eigenvalue weighted by Crippen LogP contribution is -2.40. The highest BCUT2D eigenvalue weighted by atomic mass is 15.0. The number of nitrogens with one attached hydrogen (secondary N) is 1. The highest BCUT2D eigenvalue weighted by Gasteiger charge is 2.18. The van der Waals surface area contributed by atoms with E-state index < -0.39 is 0 Å². The summed E-state index contributed by atoms with van der Waals surface area (Å²) in [5.74, 6) is 0. The molecule has 1 rings (SSSR count). The van der Waals surface area contributed by atoms with Gasteiger partial charge in [-0.2, -0.15) is 5.26 Å². The van der Waals surface area contributed by atoms with E-state index in [0.29, 0.717) is 5.69 Å². The summed E-state index contributed by atoms with van der Waals surface area (Å²) < 4.78 is 1.87. The Balaban J connectivity index is 2.65. The van der Waals surface area contributed by atoms with Gasteiger partial charge >= 0.3 is 0 Å². The zero-order valence-corrected chi connectivity index (χ0v) is 10.7. The minimum Gasteiger partial charge on any atom is -0.342 e. The number of hydrogen-bond acceptors (Lipinski definition) is 2. The SMILES string of the molecule is CCC(C)(CC)NCc1cc(C#N)n(C)c1. The molecular formula is C13H21N3. The van der Waals surface area contributed by atoms with E-state index >= 15 is 0 Å². The third-order valence-corrected chi connectivity index (χ3v) is 3.46. The Kier molecular flexibility index (Phi) is 4.14. The fraction of sp³-hybridized carbons (Fsp3) is 0.615. The molecule has 0 radical (unpaired) electrons. The first-order valence-corrected chi connectivity index (χ1v) is 5.85. The molecule has 1 aromatic heterocycles. The molecule has 1 heterocycles. The summed E-state index contributed by atoms with van der Waals surface area (Å²) >= 11 is 0. The van der Waals surface area contributed by atoms with Crippen molar-refractivity contribution in [3.8, 4) is 6.07 Å².